The quantitative estimate of drug-likeness (QED) is 0.282. The topological polar surface area (TPSA) is 116 Å². The van der Waals surface area contributed by atoms with Gasteiger partial charge in [-0.15, -0.1) is 0 Å². The van der Waals surface area contributed by atoms with E-state index >= 15 is 0 Å². The minimum Gasteiger partial charge on any atom is -0.320 e. The second-order valence-corrected chi connectivity index (χ2v) is 8.37. The van der Waals surface area contributed by atoms with Crippen LogP contribution in [0.5, 0.6) is 0 Å². The van der Waals surface area contributed by atoms with Crippen LogP contribution >= 0.6 is 14.2 Å². The zero-order valence-corrected chi connectivity index (χ0v) is 11.8. The van der Waals surface area contributed by atoms with Crippen molar-refractivity contribution < 1.29 is 30.8 Å². The Kier molecular flexibility index (Phi) is 4.92. The van der Waals surface area contributed by atoms with Gasteiger partial charge in [-0.25, -0.2) is 37.3 Å². The van der Waals surface area contributed by atoms with Crippen molar-refractivity contribution >= 4 is 31.7 Å². The lowest BCUT2D eigenvalue weighted by Gasteiger charge is -2.21. The molecule has 7 N–H and O–H groups in total. The van der Waals surface area contributed by atoms with E-state index in [0.29, 0.717) is 0 Å². The fourth-order valence-electron chi connectivity index (χ4n) is 1.07. The van der Waals surface area contributed by atoms with Crippen molar-refractivity contribution in [2.24, 2.45) is 16.5 Å². The van der Waals surface area contributed by atoms with E-state index in [0.717, 1.165) is 0 Å². The largest absolute Gasteiger partial charge is 0.341 e. The molecule has 1 aromatic carbocycles. The summed E-state index contributed by atoms with van der Waals surface area (Å²) in [5.41, 5.74) is 13.3. The maximum atomic E-state index is 13.3. The molecule has 1 atom stereocenters. The molecule has 20 heavy (non-hydrogen) atoms. The van der Waals surface area contributed by atoms with Crippen molar-refractivity contribution in [3.05, 3.63) is 29.1 Å². The highest BCUT2D eigenvalue weighted by atomic mass is 32.5. The van der Waals surface area contributed by atoms with Gasteiger partial charge in [-0.05, 0) is 11.8 Å². The van der Waals surface area contributed by atoms with Crippen LogP contribution in [0.3, 0.4) is 0 Å². The van der Waals surface area contributed by atoms with E-state index in [9.17, 15) is 26.5 Å². The summed E-state index contributed by atoms with van der Waals surface area (Å²) in [5, 5.41) is 1.57. The maximum absolute atomic E-state index is 13.3. The summed E-state index contributed by atoms with van der Waals surface area (Å²) in [6.45, 7) is -4.01. The first-order valence-electron chi connectivity index (χ1n) is 4.42. The van der Waals surface area contributed by atoms with Crippen LogP contribution in [0.2, 0.25) is 0 Å². The van der Waals surface area contributed by atoms with E-state index in [1.165, 1.54) is 0 Å². The third-order valence-electron chi connectivity index (χ3n) is 1.73. The fourth-order valence-corrected chi connectivity index (χ4v) is 4.47. The first-order chi connectivity index (χ1) is 8.86. The van der Waals surface area contributed by atoms with Crippen molar-refractivity contribution in [2.75, 3.05) is 5.09 Å². The molecule has 0 aliphatic carbocycles. The van der Waals surface area contributed by atoms with Crippen LogP contribution in [0.15, 0.2) is 0 Å². The van der Waals surface area contributed by atoms with Crippen LogP contribution in [0.25, 0.3) is 0 Å². The van der Waals surface area contributed by atoms with Gasteiger partial charge in [0.05, 0.1) is 0 Å². The number of hydrogen-bond acceptors (Lipinski definition) is 3. The van der Waals surface area contributed by atoms with E-state index in [1.54, 1.807) is 5.09 Å². The molecule has 0 saturated heterocycles. The smallest absolute Gasteiger partial charge is 0.320 e. The van der Waals surface area contributed by atoms with Gasteiger partial charge in [0, 0.05) is 0 Å². The van der Waals surface area contributed by atoms with Gasteiger partial charge < -0.3 is 5.09 Å². The van der Waals surface area contributed by atoms with Crippen LogP contribution < -0.4 is 21.6 Å². The highest BCUT2D eigenvalue weighted by Gasteiger charge is 2.30. The number of nitrogens with two attached hydrogens (primary N) is 3. The molecule has 0 aliphatic rings. The Bertz CT molecular complexity index is 624. The minimum absolute atomic E-state index is 1.53. The Labute approximate surface area is 114 Å². The summed E-state index contributed by atoms with van der Waals surface area (Å²) in [5.74, 6) is -11.2. The van der Waals surface area contributed by atoms with E-state index in [-0.39, 0.29) is 0 Å². The molecule has 1 rings (SSSR count). The highest BCUT2D eigenvalue weighted by Crippen LogP contribution is 2.51. The lowest BCUT2D eigenvalue weighted by atomic mass is 10.2. The molecule has 0 bridgehead atoms. The number of anilines is 1. The Hall–Kier alpha value is -0.610. The van der Waals surface area contributed by atoms with Crippen molar-refractivity contribution in [2.45, 2.75) is 0 Å². The number of nitrogens with one attached hydrogen (secondary N) is 1. The average Bonchev–Trinajstić information content (AvgIpc) is 2.26. The van der Waals surface area contributed by atoms with Gasteiger partial charge in [0.2, 0.25) is 12.4 Å². The summed E-state index contributed by atoms with van der Waals surface area (Å²) in [4.78, 5) is 0. The molecule has 0 aromatic heterocycles. The predicted molar refractivity (Wildman–Crippen MR) is 65.4 cm³/mol. The number of rotatable bonds is 4. The zero-order valence-electron chi connectivity index (χ0n) is 9.24. The lowest BCUT2D eigenvalue weighted by molar-refractivity contribution is 0.382. The van der Waals surface area contributed by atoms with E-state index in [2.05, 4.69) is 16.1 Å². The molecule has 114 valence electrons. The molecule has 0 fully saturated rings. The van der Waals surface area contributed by atoms with Crippen molar-refractivity contribution in [3.63, 3.8) is 0 Å². The summed E-state index contributed by atoms with van der Waals surface area (Å²) in [6, 6.07) is 0. The second-order valence-electron chi connectivity index (χ2n) is 3.38. The van der Waals surface area contributed by atoms with Gasteiger partial charge >= 0.3 is 7.67 Å². The summed E-state index contributed by atoms with van der Waals surface area (Å²) in [6.07, 6.45) is 0. The monoisotopic (exact) mass is 356 g/mol. The normalized spacial score (nSPS) is 15.0. The fraction of sp³-hybridized carbons (Fsp3) is 0. The Morgan fingerprint density at radius 3 is 1.60 bits per heavy atom. The van der Waals surface area contributed by atoms with Crippen molar-refractivity contribution in [3.8, 4) is 0 Å². The van der Waals surface area contributed by atoms with E-state index in [1.807, 2.05) is 0 Å². The second kappa shape index (κ2) is 5.64. The van der Waals surface area contributed by atoms with Gasteiger partial charge in [-0.3, -0.25) is 10.1 Å². The summed E-state index contributed by atoms with van der Waals surface area (Å²) >= 11 is 4.46. The van der Waals surface area contributed by atoms with Gasteiger partial charge in [0.1, 0.15) is 5.69 Å². The molecule has 0 heterocycles. The third kappa shape index (κ3) is 3.95. The molecular weight excluding hydrogens is 349 g/mol. The molecule has 0 aliphatic heterocycles. The molecule has 0 radical (unpaired) electrons. The first-order valence-corrected chi connectivity index (χ1v) is 8.98. The predicted octanol–water partition coefficient (Wildman–Crippen LogP) is 2.02. The Morgan fingerprint density at radius 1 is 0.900 bits per heavy atom. The molecule has 6 nitrogen and oxygen atoms in total. The molecule has 0 amide bonds. The standard InChI is InChI=1S/C6H7F5N4O2P2S/c7-1-2(8)4(10)6(5(11)3(1)9)15-19(14,20)17-18(12,13)16/h(H4,12,13,16)(H3,14,15,20). The first kappa shape index (κ1) is 17.4. The lowest BCUT2D eigenvalue weighted by Crippen LogP contribution is -2.16. The SMILES string of the molecule is NP(N)(=O)OP(N)(=S)Nc1c(F)c(F)c(F)c(F)c1F. The summed E-state index contributed by atoms with van der Waals surface area (Å²) in [7, 11) is -4.24. The van der Waals surface area contributed by atoms with E-state index < -0.39 is 49.0 Å². The van der Waals surface area contributed by atoms with Crippen LogP contribution in [-0.2, 0) is 20.7 Å². The molecule has 1 aromatic rings. The number of hydrogen-bond donors (Lipinski definition) is 4. The van der Waals surface area contributed by atoms with Gasteiger partial charge in [0.25, 0.3) is 0 Å². The van der Waals surface area contributed by atoms with Gasteiger partial charge in [0.15, 0.2) is 23.3 Å². The van der Waals surface area contributed by atoms with Crippen molar-refractivity contribution in [1.82, 2.24) is 0 Å². The van der Waals surface area contributed by atoms with E-state index in [4.69, 9.17) is 16.5 Å². The van der Waals surface area contributed by atoms with Crippen LogP contribution in [0.4, 0.5) is 27.6 Å². The van der Waals surface area contributed by atoms with Crippen LogP contribution in [0, 0.1) is 29.1 Å². The number of halogens is 5. The van der Waals surface area contributed by atoms with Crippen molar-refractivity contribution in [1.29, 1.82) is 0 Å². The highest BCUT2D eigenvalue weighted by molar-refractivity contribution is 8.13. The van der Waals surface area contributed by atoms with Crippen LogP contribution in [0.1, 0.15) is 0 Å². The summed E-state index contributed by atoms with van der Waals surface area (Å²) < 4.78 is 80.5. The van der Waals surface area contributed by atoms with Crippen LogP contribution in [-0.4, -0.2) is 0 Å². The minimum atomic E-state index is -4.24. The molecule has 0 saturated carbocycles. The molecular formula is C6H7F5N4O2P2S. The third-order valence-corrected chi connectivity index (χ3v) is 5.13. The molecule has 14 heteroatoms. The van der Waals surface area contributed by atoms with Gasteiger partial charge in [-0.2, -0.15) is 0 Å². The Morgan fingerprint density at radius 2 is 1.25 bits per heavy atom. The Balaban J connectivity index is 3.30. The average molecular weight is 356 g/mol. The maximum Gasteiger partial charge on any atom is 0.341 e. The van der Waals surface area contributed by atoms with Gasteiger partial charge in [-0.1, -0.05) is 0 Å². The molecule has 0 spiro atoms. The number of benzene rings is 1. The zero-order chi connectivity index (χ0) is 15.9. The molecule has 1 unspecified atom stereocenters.